The third kappa shape index (κ3) is 5.02. The maximum Gasteiger partial charge on any atom is 0.0323 e. The first-order valence-corrected chi connectivity index (χ1v) is 8.19. The maximum absolute atomic E-state index is 3.61. The van der Waals surface area contributed by atoms with Gasteiger partial charge in [0.1, 0.15) is 0 Å². The number of nitrogens with one attached hydrogen (secondary N) is 1. The van der Waals surface area contributed by atoms with Crippen LogP contribution >= 0.6 is 0 Å². The third-order valence-electron chi connectivity index (χ3n) is 3.90. The molecule has 0 aliphatic rings. The van der Waals surface area contributed by atoms with Crippen molar-refractivity contribution < 1.29 is 0 Å². The van der Waals surface area contributed by atoms with Crippen LogP contribution in [0.15, 0.2) is 54.6 Å². The third-order valence-corrected chi connectivity index (χ3v) is 3.90. The zero-order valence-electron chi connectivity index (χ0n) is 13.3. The van der Waals surface area contributed by atoms with Crippen LogP contribution in [0.3, 0.4) is 0 Å². The molecular weight excluding hydrogens is 254 g/mol. The number of hydrogen-bond donors (Lipinski definition) is 1. The monoisotopic (exact) mass is 281 g/mol. The predicted molar refractivity (Wildman–Crippen MR) is 91.6 cm³/mol. The minimum Gasteiger partial charge on any atom is -0.310 e. The molecule has 1 nitrogen and oxygen atoms in total. The predicted octanol–water partition coefficient (Wildman–Crippen LogP) is 4.92. The fourth-order valence-electron chi connectivity index (χ4n) is 2.86. The Morgan fingerprint density at radius 2 is 1.57 bits per heavy atom. The summed E-state index contributed by atoms with van der Waals surface area (Å²) in [7, 11) is 0. The molecule has 112 valence electrons. The van der Waals surface area contributed by atoms with Gasteiger partial charge in [0.15, 0.2) is 0 Å². The number of hydrogen-bond acceptors (Lipinski definition) is 1. The second-order valence-corrected chi connectivity index (χ2v) is 5.63. The first kappa shape index (κ1) is 15.8. The molecule has 1 N–H and O–H groups in total. The largest absolute Gasteiger partial charge is 0.310 e. The van der Waals surface area contributed by atoms with E-state index in [1.165, 1.54) is 29.5 Å². The van der Waals surface area contributed by atoms with Crippen molar-refractivity contribution in [1.29, 1.82) is 0 Å². The van der Waals surface area contributed by atoms with Crippen LogP contribution < -0.4 is 5.32 Å². The molecule has 0 bridgehead atoms. The summed E-state index contributed by atoms with van der Waals surface area (Å²) in [6, 6.07) is 20.3. The minimum atomic E-state index is 0.450. The van der Waals surface area contributed by atoms with Gasteiger partial charge in [-0.2, -0.15) is 0 Å². The van der Waals surface area contributed by atoms with Gasteiger partial charge in [-0.3, -0.25) is 0 Å². The molecule has 0 amide bonds. The lowest BCUT2D eigenvalue weighted by molar-refractivity contribution is 0.515. The van der Waals surface area contributed by atoms with Crippen LogP contribution in [0.2, 0.25) is 0 Å². The first-order chi connectivity index (χ1) is 10.3. The molecule has 0 aromatic heterocycles. The van der Waals surface area contributed by atoms with E-state index in [0.29, 0.717) is 6.04 Å². The van der Waals surface area contributed by atoms with Crippen LogP contribution in [0.4, 0.5) is 0 Å². The Balaban J connectivity index is 2.00. The summed E-state index contributed by atoms with van der Waals surface area (Å²) in [6.45, 7) is 5.43. The highest BCUT2D eigenvalue weighted by atomic mass is 14.9. The van der Waals surface area contributed by atoms with Gasteiger partial charge in [-0.15, -0.1) is 0 Å². The summed E-state index contributed by atoms with van der Waals surface area (Å²) in [5.41, 5.74) is 4.32. The molecule has 1 unspecified atom stereocenters. The van der Waals surface area contributed by atoms with E-state index in [2.05, 4.69) is 73.8 Å². The lowest BCUT2D eigenvalue weighted by atomic mass is 9.97. The maximum atomic E-state index is 3.61. The van der Waals surface area contributed by atoms with Crippen molar-refractivity contribution in [3.05, 3.63) is 71.3 Å². The standard InChI is InChI=1S/C20H27N/c1-3-9-17-10-8-11-18(16-17)14-15-20(21-4-2)19-12-6-5-7-13-19/h5-8,10-13,16,20-21H,3-4,9,14-15H2,1-2H3. The molecule has 1 heteroatoms. The molecule has 0 saturated heterocycles. The molecule has 1 atom stereocenters. The molecule has 21 heavy (non-hydrogen) atoms. The van der Waals surface area contributed by atoms with Gasteiger partial charge in [0.05, 0.1) is 0 Å². The first-order valence-electron chi connectivity index (χ1n) is 8.19. The Hall–Kier alpha value is -1.60. The molecule has 0 heterocycles. The van der Waals surface area contributed by atoms with E-state index < -0.39 is 0 Å². The van der Waals surface area contributed by atoms with Crippen molar-refractivity contribution in [2.24, 2.45) is 0 Å². The van der Waals surface area contributed by atoms with Crippen molar-refractivity contribution in [3.8, 4) is 0 Å². The quantitative estimate of drug-likeness (QED) is 0.724. The van der Waals surface area contributed by atoms with Crippen LogP contribution in [0, 0.1) is 0 Å². The van der Waals surface area contributed by atoms with E-state index in [1.54, 1.807) is 0 Å². The summed E-state index contributed by atoms with van der Waals surface area (Å²) < 4.78 is 0. The van der Waals surface area contributed by atoms with Gasteiger partial charge in [0.25, 0.3) is 0 Å². The zero-order valence-corrected chi connectivity index (χ0v) is 13.3. The summed E-state index contributed by atoms with van der Waals surface area (Å²) in [5.74, 6) is 0. The number of rotatable bonds is 8. The van der Waals surface area contributed by atoms with Crippen molar-refractivity contribution in [2.75, 3.05) is 6.54 Å². The molecule has 0 fully saturated rings. The number of benzene rings is 2. The van der Waals surface area contributed by atoms with Crippen molar-refractivity contribution in [1.82, 2.24) is 5.32 Å². The van der Waals surface area contributed by atoms with Gasteiger partial charge in [-0.1, -0.05) is 74.9 Å². The summed E-state index contributed by atoms with van der Waals surface area (Å²) in [4.78, 5) is 0. The molecule has 0 spiro atoms. The Labute approximate surface area is 129 Å². The Kier molecular flexibility index (Phi) is 6.49. The van der Waals surface area contributed by atoms with Crippen LogP contribution in [0.1, 0.15) is 49.4 Å². The molecule has 2 aromatic rings. The summed E-state index contributed by atoms with van der Waals surface area (Å²) >= 11 is 0. The second kappa shape index (κ2) is 8.63. The Morgan fingerprint density at radius 3 is 2.24 bits per heavy atom. The van der Waals surface area contributed by atoms with Crippen molar-refractivity contribution in [3.63, 3.8) is 0 Å². The summed E-state index contributed by atoms with van der Waals surface area (Å²) in [5, 5.41) is 3.61. The number of aryl methyl sites for hydroxylation is 2. The average molecular weight is 281 g/mol. The molecular formula is C20H27N. The Bertz CT molecular complexity index is 518. The van der Waals surface area contributed by atoms with E-state index in [-0.39, 0.29) is 0 Å². The normalized spacial score (nSPS) is 12.3. The smallest absolute Gasteiger partial charge is 0.0323 e. The van der Waals surface area contributed by atoms with Gasteiger partial charge >= 0.3 is 0 Å². The molecule has 0 radical (unpaired) electrons. The second-order valence-electron chi connectivity index (χ2n) is 5.63. The Morgan fingerprint density at radius 1 is 0.857 bits per heavy atom. The van der Waals surface area contributed by atoms with Crippen LogP contribution in [0.5, 0.6) is 0 Å². The fraction of sp³-hybridized carbons (Fsp3) is 0.400. The van der Waals surface area contributed by atoms with E-state index in [4.69, 9.17) is 0 Å². The van der Waals surface area contributed by atoms with E-state index in [9.17, 15) is 0 Å². The van der Waals surface area contributed by atoms with Crippen LogP contribution in [-0.4, -0.2) is 6.54 Å². The zero-order chi connectivity index (χ0) is 14.9. The fourth-order valence-corrected chi connectivity index (χ4v) is 2.86. The average Bonchev–Trinajstić information content (AvgIpc) is 2.53. The van der Waals surface area contributed by atoms with E-state index >= 15 is 0 Å². The van der Waals surface area contributed by atoms with E-state index in [1.807, 2.05) is 0 Å². The lowest BCUT2D eigenvalue weighted by Crippen LogP contribution is -2.21. The van der Waals surface area contributed by atoms with Crippen LogP contribution in [-0.2, 0) is 12.8 Å². The molecule has 2 aromatic carbocycles. The minimum absolute atomic E-state index is 0.450. The van der Waals surface area contributed by atoms with Crippen LogP contribution in [0.25, 0.3) is 0 Å². The van der Waals surface area contributed by atoms with Crippen molar-refractivity contribution in [2.45, 2.75) is 45.6 Å². The van der Waals surface area contributed by atoms with Crippen molar-refractivity contribution >= 4 is 0 Å². The SMILES string of the molecule is CCCc1cccc(CCC(NCC)c2ccccc2)c1. The highest BCUT2D eigenvalue weighted by Gasteiger charge is 2.09. The molecule has 2 rings (SSSR count). The van der Waals surface area contributed by atoms with Gasteiger partial charge in [0.2, 0.25) is 0 Å². The highest BCUT2D eigenvalue weighted by Crippen LogP contribution is 2.19. The van der Waals surface area contributed by atoms with Gasteiger partial charge in [0, 0.05) is 6.04 Å². The molecule has 0 aliphatic carbocycles. The highest BCUT2D eigenvalue weighted by molar-refractivity contribution is 5.25. The molecule has 0 saturated carbocycles. The summed E-state index contributed by atoms with van der Waals surface area (Å²) in [6.07, 6.45) is 4.67. The lowest BCUT2D eigenvalue weighted by Gasteiger charge is -2.18. The van der Waals surface area contributed by atoms with E-state index in [0.717, 1.165) is 19.4 Å². The van der Waals surface area contributed by atoms with Gasteiger partial charge < -0.3 is 5.32 Å². The topological polar surface area (TPSA) is 12.0 Å². The van der Waals surface area contributed by atoms with Gasteiger partial charge in [-0.25, -0.2) is 0 Å². The molecule has 0 aliphatic heterocycles. The van der Waals surface area contributed by atoms with Gasteiger partial charge in [-0.05, 0) is 42.5 Å².